The Labute approximate surface area is 103 Å². The van der Waals surface area contributed by atoms with E-state index in [4.69, 9.17) is 5.73 Å². The van der Waals surface area contributed by atoms with Gasteiger partial charge in [-0.05, 0) is 12.8 Å². The fourth-order valence-corrected chi connectivity index (χ4v) is 3.57. The number of rotatable bonds is 3. The Kier molecular flexibility index (Phi) is 4.55. The van der Waals surface area contributed by atoms with E-state index in [0.717, 1.165) is 6.42 Å². The Morgan fingerprint density at radius 1 is 1.53 bits per heavy atom. The molecule has 5 nitrogen and oxygen atoms in total. The van der Waals surface area contributed by atoms with Crippen molar-refractivity contribution in [2.45, 2.75) is 39.3 Å². The first-order chi connectivity index (χ1) is 7.78. The molecule has 0 radical (unpaired) electrons. The normalized spacial score (nSPS) is 27.5. The highest BCUT2D eigenvalue weighted by atomic mass is 32.2. The van der Waals surface area contributed by atoms with E-state index in [0.29, 0.717) is 0 Å². The van der Waals surface area contributed by atoms with Crippen LogP contribution in [0.3, 0.4) is 0 Å². The van der Waals surface area contributed by atoms with Crippen LogP contribution in [0.15, 0.2) is 0 Å². The first-order valence-electron chi connectivity index (χ1n) is 6.05. The van der Waals surface area contributed by atoms with Gasteiger partial charge in [-0.1, -0.05) is 20.3 Å². The average molecular weight is 262 g/mol. The number of hydrogen-bond donors (Lipinski definition) is 1. The fraction of sp³-hybridized carbons (Fsp3) is 0.909. The van der Waals surface area contributed by atoms with Crippen LogP contribution in [0.5, 0.6) is 0 Å². The number of sulfone groups is 1. The standard InChI is InChI=1S/C11H22N2O3S/c1-4-8(2)10(12)11(14)13-5-6-17(15,16)7-9(13)3/h8-10H,4-7,12H2,1-3H3/t8-,9?,10-/m0/s1. The molecule has 1 saturated heterocycles. The fourth-order valence-electron chi connectivity index (χ4n) is 2.01. The van der Waals surface area contributed by atoms with Gasteiger partial charge in [0.15, 0.2) is 9.84 Å². The van der Waals surface area contributed by atoms with E-state index in [9.17, 15) is 13.2 Å². The maximum atomic E-state index is 12.1. The maximum Gasteiger partial charge on any atom is 0.240 e. The molecule has 1 unspecified atom stereocenters. The van der Waals surface area contributed by atoms with Crippen LogP contribution in [0.25, 0.3) is 0 Å². The maximum absolute atomic E-state index is 12.1. The molecule has 0 aliphatic carbocycles. The van der Waals surface area contributed by atoms with Crippen LogP contribution in [0.4, 0.5) is 0 Å². The Hall–Kier alpha value is -0.620. The minimum absolute atomic E-state index is 0.0476. The van der Waals surface area contributed by atoms with Gasteiger partial charge in [-0.25, -0.2) is 8.42 Å². The number of carbonyl (C=O) groups excluding carboxylic acids is 1. The zero-order chi connectivity index (χ0) is 13.2. The van der Waals surface area contributed by atoms with E-state index >= 15 is 0 Å². The highest BCUT2D eigenvalue weighted by Gasteiger charge is 2.34. The van der Waals surface area contributed by atoms with Crippen LogP contribution in [-0.2, 0) is 14.6 Å². The smallest absolute Gasteiger partial charge is 0.240 e. The molecule has 0 aromatic heterocycles. The minimum Gasteiger partial charge on any atom is -0.337 e. The zero-order valence-electron chi connectivity index (χ0n) is 10.7. The third-order valence-electron chi connectivity index (χ3n) is 3.50. The van der Waals surface area contributed by atoms with Crippen molar-refractivity contribution in [3.05, 3.63) is 0 Å². The van der Waals surface area contributed by atoms with Crippen LogP contribution < -0.4 is 5.73 Å². The van der Waals surface area contributed by atoms with Gasteiger partial charge in [0.05, 0.1) is 17.5 Å². The molecular weight excluding hydrogens is 240 g/mol. The van der Waals surface area contributed by atoms with E-state index in [-0.39, 0.29) is 35.9 Å². The van der Waals surface area contributed by atoms with E-state index in [2.05, 4.69) is 0 Å². The molecule has 0 aromatic carbocycles. The number of carbonyl (C=O) groups is 1. The summed E-state index contributed by atoms with van der Waals surface area (Å²) in [5.74, 6) is 0.0948. The molecule has 1 fully saturated rings. The van der Waals surface area contributed by atoms with Gasteiger partial charge in [-0.2, -0.15) is 0 Å². The summed E-state index contributed by atoms with van der Waals surface area (Å²) < 4.78 is 22.8. The SMILES string of the molecule is CC[C@H](C)[C@H](N)C(=O)N1CCS(=O)(=O)CC1C. The summed E-state index contributed by atoms with van der Waals surface area (Å²) in [6.45, 7) is 5.96. The van der Waals surface area contributed by atoms with Crippen molar-refractivity contribution in [2.75, 3.05) is 18.1 Å². The molecule has 2 N–H and O–H groups in total. The van der Waals surface area contributed by atoms with Gasteiger partial charge in [-0.3, -0.25) is 4.79 Å². The molecule has 1 aliphatic heterocycles. The number of amides is 1. The molecule has 6 heteroatoms. The first kappa shape index (κ1) is 14.4. The third-order valence-corrected chi connectivity index (χ3v) is 5.29. The van der Waals surface area contributed by atoms with Gasteiger partial charge in [-0.15, -0.1) is 0 Å². The monoisotopic (exact) mass is 262 g/mol. The van der Waals surface area contributed by atoms with Crippen molar-refractivity contribution in [3.63, 3.8) is 0 Å². The molecule has 0 saturated carbocycles. The van der Waals surface area contributed by atoms with Crippen molar-refractivity contribution in [3.8, 4) is 0 Å². The Morgan fingerprint density at radius 2 is 2.12 bits per heavy atom. The minimum atomic E-state index is -2.98. The van der Waals surface area contributed by atoms with Crippen LogP contribution in [0, 0.1) is 5.92 Å². The van der Waals surface area contributed by atoms with Gasteiger partial charge in [0.25, 0.3) is 0 Å². The van der Waals surface area contributed by atoms with Crippen molar-refractivity contribution in [1.29, 1.82) is 0 Å². The molecule has 3 atom stereocenters. The lowest BCUT2D eigenvalue weighted by Gasteiger charge is -2.35. The zero-order valence-corrected chi connectivity index (χ0v) is 11.5. The van der Waals surface area contributed by atoms with Crippen LogP contribution in [0.1, 0.15) is 27.2 Å². The van der Waals surface area contributed by atoms with Crippen molar-refractivity contribution in [2.24, 2.45) is 11.7 Å². The Balaban J connectivity index is 2.71. The first-order valence-corrected chi connectivity index (χ1v) is 7.87. The summed E-state index contributed by atoms with van der Waals surface area (Å²) in [7, 11) is -2.98. The Morgan fingerprint density at radius 3 is 2.59 bits per heavy atom. The molecule has 1 amide bonds. The molecule has 0 spiro atoms. The summed E-state index contributed by atoms with van der Waals surface area (Å²) in [6, 6.07) is -0.792. The second-order valence-corrected chi connectivity index (χ2v) is 7.14. The van der Waals surface area contributed by atoms with Gasteiger partial charge in [0.1, 0.15) is 0 Å². The Bertz CT molecular complexity index is 380. The lowest BCUT2D eigenvalue weighted by atomic mass is 9.98. The van der Waals surface area contributed by atoms with Crippen molar-refractivity contribution >= 4 is 15.7 Å². The highest BCUT2D eigenvalue weighted by molar-refractivity contribution is 7.91. The second kappa shape index (κ2) is 5.35. The van der Waals surface area contributed by atoms with Crippen molar-refractivity contribution < 1.29 is 13.2 Å². The van der Waals surface area contributed by atoms with E-state index in [1.165, 1.54) is 0 Å². The predicted octanol–water partition coefficient (Wildman–Crippen LogP) is 0.00530. The summed E-state index contributed by atoms with van der Waals surface area (Å²) >= 11 is 0. The molecule has 0 bridgehead atoms. The number of nitrogens with zero attached hydrogens (tertiary/aromatic N) is 1. The number of hydrogen-bond acceptors (Lipinski definition) is 4. The highest BCUT2D eigenvalue weighted by Crippen LogP contribution is 2.15. The topological polar surface area (TPSA) is 80.5 Å². The molecule has 1 heterocycles. The average Bonchev–Trinajstić information content (AvgIpc) is 2.25. The molecule has 100 valence electrons. The molecule has 17 heavy (non-hydrogen) atoms. The predicted molar refractivity (Wildman–Crippen MR) is 67.3 cm³/mol. The van der Waals surface area contributed by atoms with Gasteiger partial charge >= 0.3 is 0 Å². The summed E-state index contributed by atoms with van der Waals surface area (Å²) in [4.78, 5) is 13.7. The second-order valence-electron chi connectivity index (χ2n) is 4.91. The molecule has 0 aromatic rings. The lowest BCUT2D eigenvalue weighted by Crippen LogP contribution is -2.56. The van der Waals surface area contributed by atoms with E-state index in [1.807, 2.05) is 13.8 Å². The largest absolute Gasteiger partial charge is 0.337 e. The molecule has 1 rings (SSSR count). The van der Waals surface area contributed by atoms with Gasteiger partial charge in [0, 0.05) is 12.6 Å². The van der Waals surface area contributed by atoms with Crippen LogP contribution in [-0.4, -0.2) is 49.4 Å². The molecular formula is C11H22N2O3S. The summed E-state index contributed by atoms with van der Waals surface area (Å²) in [5.41, 5.74) is 5.89. The number of nitrogens with two attached hydrogens (primary N) is 1. The summed E-state index contributed by atoms with van der Waals surface area (Å²) in [5, 5.41) is 0. The van der Waals surface area contributed by atoms with E-state index in [1.54, 1.807) is 11.8 Å². The van der Waals surface area contributed by atoms with Crippen LogP contribution in [0.2, 0.25) is 0 Å². The van der Waals surface area contributed by atoms with Gasteiger partial charge in [0.2, 0.25) is 5.91 Å². The van der Waals surface area contributed by atoms with Gasteiger partial charge < -0.3 is 10.6 Å². The lowest BCUT2D eigenvalue weighted by molar-refractivity contribution is -0.135. The van der Waals surface area contributed by atoms with E-state index < -0.39 is 15.9 Å². The molecule has 1 aliphatic rings. The quantitative estimate of drug-likeness (QED) is 0.776. The van der Waals surface area contributed by atoms with Crippen LogP contribution >= 0.6 is 0 Å². The van der Waals surface area contributed by atoms with Crippen molar-refractivity contribution in [1.82, 2.24) is 4.90 Å². The third kappa shape index (κ3) is 3.42. The summed E-state index contributed by atoms with van der Waals surface area (Å²) in [6.07, 6.45) is 0.841.